The molecule has 0 aliphatic carbocycles. The lowest BCUT2D eigenvalue weighted by Crippen LogP contribution is -2.12. The number of Topliss-reactive ketones (excluding diaryl/α,β-unsaturated/α-hetero) is 1. The predicted octanol–water partition coefficient (Wildman–Crippen LogP) is 7.30. The van der Waals surface area contributed by atoms with E-state index >= 15 is 0 Å². The summed E-state index contributed by atoms with van der Waals surface area (Å²) in [5.74, 6) is -3.22. The lowest BCUT2D eigenvalue weighted by molar-refractivity contribution is -0.118. The molecule has 1 nitrogen and oxygen atoms in total. The van der Waals surface area contributed by atoms with Crippen molar-refractivity contribution < 1.29 is 22.4 Å². The second-order valence-corrected chi connectivity index (χ2v) is 7.95. The van der Waals surface area contributed by atoms with E-state index in [1.807, 2.05) is 13.8 Å². The lowest BCUT2D eigenvalue weighted by Gasteiger charge is -2.19. The summed E-state index contributed by atoms with van der Waals surface area (Å²) in [4.78, 5) is 12.4. The molecule has 0 aromatic heterocycles. The summed E-state index contributed by atoms with van der Waals surface area (Å²) in [7, 11) is 0. The van der Waals surface area contributed by atoms with Crippen LogP contribution >= 0.6 is 0 Å². The third-order valence-electron chi connectivity index (χ3n) is 4.95. The van der Waals surface area contributed by atoms with Crippen LogP contribution in [0.15, 0.2) is 54.6 Å². The van der Waals surface area contributed by atoms with Crippen LogP contribution in [0.2, 0.25) is 0 Å². The first-order chi connectivity index (χ1) is 14.1. The fourth-order valence-corrected chi connectivity index (χ4v) is 3.64. The topological polar surface area (TPSA) is 17.1 Å². The van der Waals surface area contributed by atoms with E-state index in [1.165, 1.54) is 31.2 Å². The van der Waals surface area contributed by atoms with E-state index in [-0.39, 0.29) is 22.8 Å². The molecule has 1 unspecified atom stereocenters. The Morgan fingerprint density at radius 2 is 1.03 bits per heavy atom. The number of carbonyl (C=O) groups excluding carboxylic acids is 1. The van der Waals surface area contributed by atoms with E-state index in [4.69, 9.17) is 0 Å². The van der Waals surface area contributed by atoms with Gasteiger partial charge in [0, 0.05) is 18.1 Å². The van der Waals surface area contributed by atoms with Gasteiger partial charge in [-0.3, -0.25) is 4.79 Å². The first-order valence-electron chi connectivity index (χ1n) is 9.70. The molecule has 1 atom stereocenters. The maximum atomic E-state index is 13.8. The quantitative estimate of drug-likeness (QED) is 0.387. The second kappa shape index (κ2) is 8.82. The molecule has 0 bridgehead atoms. The largest absolute Gasteiger partial charge is 0.299 e. The highest BCUT2D eigenvalue weighted by Gasteiger charge is 2.20. The highest BCUT2D eigenvalue weighted by Crippen LogP contribution is 2.35. The third kappa shape index (κ3) is 5.15. The Kier molecular flexibility index (Phi) is 6.40. The van der Waals surface area contributed by atoms with Gasteiger partial charge < -0.3 is 0 Å². The van der Waals surface area contributed by atoms with Crippen molar-refractivity contribution in [3.05, 3.63) is 83.4 Å². The molecule has 0 radical (unpaired) electrons. The van der Waals surface area contributed by atoms with Crippen molar-refractivity contribution in [2.24, 2.45) is 5.92 Å². The Hall–Kier alpha value is -2.95. The SMILES string of the molecule is CC(=O)C(CC(C)C)c1cc(-c2cc(F)cc(F)c2)cc(-c2cc(F)cc(F)c2)c1. The molecule has 0 aliphatic heterocycles. The Balaban J connectivity index is 2.25. The highest BCUT2D eigenvalue weighted by atomic mass is 19.1. The molecule has 0 fully saturated rings. The summed E-state index contributed by atoms with van der Waals surface area (Å²) in [6.45, 7) is 5.47. The molecule has 3 aromatic rings. The highest BCUT2D eigenvalue weighted by molar-refractivity contribution is 5.85. The minimum absolute atomic E-state index is 0.0531. The summed E-state index contributed by atoms with van der Waals surface area (Å²) in [5.41, 5.74) is 2.11. The van der Waals surface area contributed by atoms with E-state index in [9.17, 15) is 22.4 Å². The number of rotatable bonds is 6. The summed E-state index contributed by atoms with van der Waals surface area (Å²) >= 11 is 0. The van der Waals surface area contributed by atoms with Gasteiger partial charge in [0.05, 0.1) is 0 Å². The molecule has 0 amide bonds. The molecule has 5 heteroatoms. The number of ketones is 1. The summed E-state index contributed by atoms with van der Waals surface area (Å²) in [6, 6.07) is 11.3. The van der Waals surface area contributed by atoms with Crippen molar-refractivity contribution in [3.8, 4) is 22.3 Å². The second-order valence-electron chi connectivity index (χ2n) is 7.95. The van der Waals surface area contributed by atoms with Gasteiger partial charge in [0.15, 0.2) is 0 Å². The van der Waals surface area contributed by atoms with Crippen LogP contribution in [0.1, 0.15) is 38.7 Å². The Bertz CT molecular complexity index is 978. The first kappa shape index (κ1) is 21.8. The molecule has 0 saturated heterocycles. The Labute approximate surface area is 173 Å². The normalized spacial score (nSPS) is 12.3. The van der Waals surface area contributed by atoms with Gasteiger partial charge in [-0.25, -0.2) is 17.6 Å². The molecule has 0 aliphatic rings. The van der Waals surface area contributed by atoms with Gasteiger partial charge in [-0.15, -0.1) is 0 Å². The summed E-state index contributed by atoms with van der Waals surface area (Å²) < 4.78 is 55.2. The minimum atomic E-state index is -0.737. The molecule has 30 heavy (non-hydrogen) atoms. The van der Waals surface area contributed by atoms with Gasteiger partial charge in [-0.05, 0) is 77.4 Å². The molecular weight excluding hydrogens is 392 g/mol. The van der Waals surface area contributed by atoms with E-state index in [1.54, 1.807) is 18.2 Å². The smallest absolute Gasteiger partial charge is 0.137 e. The minimum Gasteiger partial charge on any atom is -0.299 e. The van der Waals surface area contributed by atoms with E-state index in [2.05, 4.69) is 0 Å². The fraction of sp³-hybridized carbons (Fsp3) is 0.240. The van der Waals surface area contributed by atoms with E-state index in [0.29, 0.717) is 23.1 Å². The Morgan fingerprint density at radius 3 is 1.37 bits per heavy atom. The monoisotopic (exact) mass is 414 g/mol. The van der Waals surface area contributed by atoms with Crippen LogP contribution in [-0.4, -0.2) is 5.78 Å². The van der Waals surface area contributed by atoms with Crippen LogP contribution in [-0.2, 0) is 4.79 Å². The van der Waals surface area contributed by atoms with Crippen molar-refractivity contribution in [3.63, 3.8) is 0 Å². The van der Waals surface area contributed by atoms with Gasteiger partial charge in [0.25, 0.3) is 0 Å². The molecular formula is C25H22F4O. The van der Waals surface area contributed by atoms with Gasteiger partial charge >= 0.3 is 0 Å². The van der Waals surface area contributed by atoms with Crippen LogP contribution in [0, 0.1) is 29.2 Å². The van der Waals surface area contributed by atoms with Crippen LogP contribution in [0.5, 0.6) is 0 Å². The summed E-state index contributed by atoms with van der Waals surface area (Å²) in [5, 5.41) is 0. The zero-order valence-corrected chi connectivity index (χ0v) is 17.0. The molecule has 3 rings (SSSR count). The van der Waals surface area contributed by atoms with Crippen LogP contribution < -0.4 is 0 Å². The number of benzene rings is 3. The maximum absolute atomic E-state index is 13.8. The third-order valence-corrected chi connectivity index (χ3v) is 4.95. The van der Waals surface area contributed by atoms with Gasteiger partial charge in [0.2, 0.25) is 0 Å². The van der Waals surface area contributed by atoms with Crippen LogP contribution in [0.25, 0.3) is 22.3 Å². The molecule has 0 heterocycles. The molecule has 0 spiro atoms. The predicted molar refractivity (Wildman–Crippen MR) is 110 cm³/mol. The van der Waals surface area contributed by atoms with Crippen molar-refractivity contribution in [1.82, 2.24) is 0 Å². The number of carbonyl (C=O) groups is 1. The van der Waals surface area contributed by atoms with Crippen molar-refractivity contribution in [2.45, 2.75) is 33.1 Å². The van der Waals surface area contributed by atoms with Crippen LogP contribution in [0.3, 0.4) is 0 Å². The zero-order valence-electron chi connectivity index (χ0n) is 17.0. The summed E-state index contributed by atoms with van der Waals surface area (Å²) in [6.07, 6.45) is 0.577. The Morgan fingerprint density at radius 1 is 0.667 bits per heavy atom. The van der Waals surface area contributed by atoms with Gasteiger partial charge in [-0.1, -0.05) is 26.0 Å². The van der Waals surface area contributed by atoms with Crippen molar-refractivity contribution >= 4 is 5.78 Å². The van der Waals surface area contributed by atoms with E-state index in [0.717, 1.165) is 12.1 Å². The first-order valence-corrected chi connectivity index (χ1v) is 9.70. The average Bonchev–Trinajstić information content (AvgIpc) is 2.64. The fourth-order valence-electron chi connectivity index (χ4n) is 3.64. The van der Waals surface area contributed by atoms with Crippen LogP contribution in [0.4, 0.5) is 17.6 Å². The molecule has 0 N–H and O–H groups in total. The van der Waals surface area contributed by atoms with E-state index < -0.39 is 29.2 Å². The van der Waals surface area contributed by atoms with Crippen molar-refractivity contribution in [2.75, 3.05) is 0 Å². The average molecular weight is 414 g/mol. The maximum Gasteiger partial charge on any atom is 0.137 e. The molecule has 3 aromatic carbocycles. The lowest BCUT2D eigenvalue weighted by atomic mass is 9.84. The number of hydrogen-bond acceptors (Lipinski definition) is 1. The standard InChI is InChI=1S/C25H22F4O/c1-14(2)4-25(15(3)30)20-6-16(18-8-21(26)12-22(27)9-18)5-17(7-20)19-10-23(28)13-24(29)11-19/h5-14,25H,4H2,1-3H3. The molecule has 156 valence electrons. The zero-order chi connectivity index (χ0) is 22.0. The number of hydrogen-bond donors (Lipinski definition) is 0. The number of halogens is 4. The van der Waals surface area contributed by atoms with Gasteiger partial charge in [0.1, 0.15) is 29.1 Å². The van der Waals surface area contributed by atoms with Gasteiger partial charge in [-0.2, -0.15) is 0 Å². The molecule has 0 saturated carbocycles. The van der Waals surface area contributed by atoms with Crippen molar-refractivity contribution in [1.29, 1.82) is 0 Å².